The van der Waals surface area contributed by atoms with Gasteiger partial charge in [0.1, 0.15) is 18.3 Å². The van der Waals surface area contributed by atoms with E-state index in [-0.39, 0.29) is 20.9 Å². The van der Waals surface area contributed by atoms with E-state index in [2.05, 4.69) is 0 Å². The molecule has 186 valence electrons. The molecule has 1 saturated heterocycles. The summed E-state index contributed by atoms with van der Waals surface area (Å²) in [5, 5.41) is 24.2. The first-order valence-electron chi connectivity index (χ1n) is 11.6. The van der Waals surface area contributed by atoms with Crippen LogP contribution in [0.25, 0.3) is 0 Å². The maximum Gasteiger partial charge on any atom is 0.307 e. The molecule has 3 fully saturated rings. The second-order valence-corrected chi connectivity index (χ2v) is 10.9. The van der Waals surface area contributed by atoms with E-state index in [9.17, 15) is 29.4 Å². The summed E-state index contributed by atoms with van der Waals surface area (Å²) in [6, 6.07) is 0. The fourth-order valence-electron chi connectivity index (χ4n) is 7.76. The van der Waals surface area contributed by atoms with Gasteiger partial charge in [0, 0.05) is 50.8 Å². The van der Waals surface area contributed by atoms with E-state index >= 15 is 0 Å². The summed E-state index contributed by atoms with van der Waals surface area (Å²) in [5.74, 6) is -4.82. The van der Waals surface area contributed by atoms with Crippen molar-refractivity contribution in [1.29, 1.82) is 0 Å². The lowest BCUT2D eigenvalue weighted by Gasteiger charge is -2.52. The van der Waals surface area contributed by atoms with Crippen LogP contribution in [-0.4, -0.2) is 63.4 Å². The van der Waals surface area contributed by atoms with Crippen molar-refractivity contribution in [2.45, 2.75) is 70.4 Å². The number of rotatable bonds is 3. The largest absolute Gasteiger partial charge is 0.461 e. The highest BCUT2D eigenvalue weighted by molar-refractivity contribution is 6.04. The van der Waals surface area contributed by atoms with Gasteiger partial charge in [-0.05, 0) is 18.1 Å². The summed E-state index contributed by atoms with van der Waals surface area (Å²) in [4.78, 5) is 49.1. The Morgan fingerprint density at radius 3 is 2.47 bits per heavy atom. The van der Waals surface area contributed by atoms with Crippen molar-refractivity contribution in [2.75, 3.05) is 6.61 Å². The second kappa shape index (κ2) is 6.79. The highest BCUT2D eigenvalue weighted by Crippen LogP contribution is 2.80. The van der Waals surface area contributed by atoms with Gasteiger partial charge in [0.05, 0.1) is 12.0 Å². The van der Waals surface area contributed by atoms with Crippen molar-refractivity contribution in [3.63, 3.8) is 0 Å². The van der Waals surface area contributed by atoms with Crippen LogP contribution in [0.15, 0.2) is 23.3 Å². The zero-order valence-electron chi connectivity index (χ0n) is 19.9. The highest BCUT2D eigenvalue weighted by atomic mass is 16.6. The van der Waals surface area contributed by atoms with Gasteiger partial charge in [0.2, 0.25) is 0 Å². The third-order valence-electron chi connectivity index (χ3n) is 9.10. The molecule has 2 saturated carbocycles. The number of hydrogen-bond donors (Lipinski definition) is 2. The lowest BCUT2D eigenvalue weighted by Crippen LogP contribution is -2.66. The van der Waals surface area contributed by atoms with E-state index in [1.807, 2.05) is 6.92 Å². The average Bonchev–Trinajstić information content (AvgIpc) is 3.02. The van der Waals surface area contributed by atoms with Gasteiger partial charge in [-0.15, -0.1) is 0 Å². The summed E-state index contributed by atoms with van der Waals surface area (Å²) in [6.07, 6.45) is 2.41. The van der Waals surface area contributed by atoms with Gasteiger partial charge in [-0.1, -0.05) is 26.0 Å². The van der Waals surface area contributed by atoms with Crippen molar-refractivity contribution in [3.8, 4) is 0 Å². The number of esters is 3. The number of Topliss-reactive ketones (excluding diaryl/α,β-unsaturated/α-hetero) is 1. The van der Waals surface area contributed by atoms with Crippen molar-refractivity contribution < 1.29 is 45.0 Å². The Morgan fingerprint density at radius 2 is 1.85 bits per heavy atom. The van der Waals surface area contributed by atoms with E-state index in [0.717, 1.165) is 0 Å². The molecular formula is C25H32O9. The molecule has 0 radical (unpaired) electrons. The van der Waals surface area contributed by atoms with Crippen LogP contribution in [0.5, 0.6) is 0 Å². The maximum atomic E-state index is 13.2. The topological polar surface area (TPSA) is 136 Å². The minimum atomic E-state index is -1.94. The monoisotopic (exact) mass is 476 g/mol. The lowest BCUT2D eigenvalue weighted by atomic mass is 9.59. The standard InChI is InChI=1S/C25H30O9.H2/c1-11-6-17-23(30,20(11)29)8-15(10-32-13(3)26)7-16-19-22(5)9-18(28)34-25(19,22)21(33-14(4)27)12(2)24(16,17)31;/h6-7,12,16-17,19,21,30-31H,8-10H2,1-5H3;1H/t12-,16+,17?,19-,21-,22?,23-,24-,25-;/m1./s1. The van der Waals surface area contributed by atoms with Crippen molar-refractivity contribution in [2.24, 2.45) is 29.1 Å². The number of carbonyl (C=O) groups excluding carboxylic acids is 4. The van der Waals surface area contributed by atoms with Crippen LogP contribution in [0.1, 0.15) is 48.9 Å². The number of carbonyl (C=O) groups is 4. The molecule has 0 amide bonds. The quantitative estimate of drug-likeness (QED) is 0.350. The molecule has 2 unspecified atom stereocenters. The van der Waals surface area contributed by atoms with Crippen molar-refractivity contribution >= 4 is 23.7 Å². The molecule has 0 aromatic rings. The fourth-order valence-corrected chi connectivity index (χ4v) is 7.76. The van der Waals surface area contributed by atoms with Gasteiger partial charge < -0.3 is 24.4 Å². The van der Waals surface area contributed by atoms with E-state index < -0.39 is 75.7 Å². The van der Waals surface area contributed by atoms with E-state index in [1.54, 1.807) is 26.0 Å². The Balaban J connectivity index is 0.00000289. The van der Waals surface area contributed by atoms with Crippen molar-refractivity contribution in [1.82, 2.24) is 0 Å². The Labute approximate surface area is 198 Å². The second-order valence-electron chi connectivity index (χ2n) is 10.9. The molecular weight excluding hydrogens is 444 g/mol. The Hall–Kier alpha value is -2.52. The third kappa shape index (κ3) is 2.57. The minimum Gasteiger partial charge on any atom is -0.461 e. The first kappa shape index (κ1) is 23.2. The number of hydrogen-bond acceptors (Lipinski definition) is 9. The Morgan fingerprint density at radius 1 is 1.18 bits per heavy atom. The fraction of sp³-hybridized carbons (Fsp3) is 0.680. The van der Waals surface area contributed by atoms with E-state index in [0.29, 0.717) is 11.1 Å². The molecule has 0 aromatic carbocycles. The predicted octanol–water partition coefficient (Wildman–Crippen LogP) is 1.25. The van der Waals surface area contributed by atoms with Gasteiger partial charge in [-0.25, -0.2) is 0 Å². The molecule has 1 spiro atoms. The van der Waals surface area contributed by atoms with Gasteiger partial charge in [-0.3, -0.25) is 19.2 Å². The zero-order chi connectivity index (χ0) is 25.0. The van der Waals surface area contributed by atoms with Crippen molar-refractivity contribution in [3.05, 3.63) is 23.3 Å². The molecule has 0 aromatic heterocycles. The maximum absolute atomic E-state index is 13.2. The molecule has 4 aliphatic carbocycles. The third-order valence-corrected chi connectivity index (χ3v) is 9.10. The number of ether oxygens (including phenoxy) is 3. The van der Waals surface area contributed by atoms with Crippen LogP contribution in [0.4, 0.5) is 0 Å². The predicted molar refractivity (Wildman–Crippen MR) is 117 cm³/mol. The number of fused-ring (bicyclic) bond motifs is 5. The molecule has 1 aliphatic heterocycles. The number of ketones is 1. The lowest BCUT2D eigenvalue weighted by molar-refractivity contribution is -0.225. The first-order chi connectivity index (χ1) is 15.7. The van der Waals surface area contributed by atoms with Crippen LogP contribution in [-0.2, 0) is 33.4 Å². The van der Waals surface area contributed by atoms with E-state index in [4.69, 9.17) is 14.2 Å². The van der Waals surface area contributed by atoms with Crippen LogP contribution in [0, 0.1) is 29.1 Å². The highest BCUT2D eigenvalue weighted by Gasteiger charge is 2.91. The van der Waals surface area contributed by atoms with Crippen LogP contribution < -0.4 is 0 Å². The Kier molecular flexibility index (Phi) is 4.64. The summed E-state index contributed by atoms with van der Waals surface area (Å²) in [5.41, 5.74) is -4.62. The average molecular weight is 477 g/mol. The van der Waals surface area contributed by atoms with E-state index in [1.165, 1.54) is 13.8 Å². The molecule has 9 atom stereocenters. The van der Waals surface area contributed by atoms with Gasteiger partial charge in [-0.2, -0.15) is 0 Å². The van der Waals surface area contributed by atoms with Gasteiger partial charge >= 0.3 is 17.9 Å². The SMILES string of the molecule is CC(=O)OCC1=C[C@H]2[C@@H]3C4(C)CC(=O)O[C@@]34[C@H](OC(C)=O)[C@@H](C)[C@]2(O)C2C=C(C)C(=O)[C@@]2(O)C1.[HH]. The summed E-state index contributed by atoms with van der Waals surface area (Å²) in [6.45, 7) is 7.57. The first-order valence-corrected chi connectivity index (χ1v) is 11.6. The Bertz CT molecular complexity index is 1100. The molecule has 0 bridgehead atoms. The molecule has 1 heterocycles. The summed E-state index contributed by atoms with van der Waals surface area (Å²) in [7, 11) is 0. The molecule has 9 nitrogen and oxygen atoms in total. The molecule has 5 aliphatic rings. The van der Waals surface area contributed by atoms with Gasteiger partial charge in [0.15, 0.2) is 11.4 Å². The van der Waals surface area contributed by atoms with Crippen LogP contribution in [0.2, 0.25) is 0 Å². The summed E-state index contributed by atoms with van der Waals surface area (Å²) < 4.78 is 16.8. The van der Waals surface area contributed by atoms with Crippen LogP contribution >= 0.6 is 0 Å². The zero-order valence-corrected chi connectivity index (χ0v) is 19.9. The molecule has 9 heteroatoms. The van der Waals surface area contributed by atoms with Crippen LogP contribution in [0.3, 0.4) is 0 Å². The molecule has 5 rings (SSSR count). The summed E-state index contributed by atoms with van der Waals surface area (Å²) >= 11 is 0. The van der Waals surface area contributed by atoms with Gasteiger partial charge in [0.25, 0.3) is 0 Å². The normalized spacial score (nSPS) is 48.3. The minimum absolute atomic E-state index is 0. The molecule has 34 heavy (non-hydrogen) atoms. The smallest absolute Gasteiger partial charge is 0.307 e. The molecule has 2 N–H and O–H groups in total. The number of aliphatic hydroxyl groups is 2.